The summed E-state index contributed by atoms with van der Waals surface area (Å²) in [6.07, 6.45) is 75.0. The summed E-state index contributed by atoms with van der Waals surface area (Å²) in [5.74, 6) is -0.0589. The number of rotatable bonds is 55. The maximum absolute atomic E-state index is 12.5. The summed E-state index contributed by atoms with van der Waals surface area (Å²) in [6.45, 7) is 4.35. The lowest BCUT2D eigenvalue weighted by molar-refractivity contribution is -0.123. The summed E-state index contributed by atoms with van der Waals surface area (Å²) in [5.41, 5.74) is 0. The molecule has 2 unspecified atom stereocenters. The molecule has 0 aliphatic carbocycles. The van der Waals surface area contributed by atoms with E-state index in [1.165, 1.54) is 289 Å². The zero-order chi connectivity index (χ0) is 46.3. The van der Waals surface area contributed by atoms with E-state index in [0.29, 0.717) is 6.42 Å². The van der Waals surface area contributed by atoms with Crippen molar-refractivity contribution in [2.24, 2.45) is 0 Å². The summed E-state index contributed by atoms with van der Waals surface area (Å²) < 4.78 is 0. The van der Waals surface area contributed by atoms with Gasteiger partial charge in [0.05, 0.1) is 18.8 Å². The molecule has 4 heteroatoms. The molecule has 0 aromatic heterocycles. The van der Waals surface area contributed by atoms with Crippen LogP contribution in [0.15, 0.2) is 24.3 Å². The second kappa shape index (κ2) is 56.2. The Labute approximate surface area is 402 Å². The highest BCUT2D eigenvalue weighted by molar-refractivity contribution is 5.76. The van der Waals surface area contributed by atoms with E-state index >= 15 is 0 Å². The van der Waals surface area contributed by atoms with Crippen LogP contribution in [0.1, 0.15) is 335 Å². The van der Waals surface area contributed by atoms with Crippen molar-refractivity contribution < 1.29 is 15.0 Å². The number of aliphatic hydroxyl groups excluding tert-OH is 2. The Bertz CT molecular complexity index is 932. The zero-order valence-electron chi connectivity index (χ0n) is 43.8. The van der Waals surface area contributed by atoms with Crippen molar-refractivity contribution in [3.05, 3.63) is 24.3 Å². The summed E-state index contributed by atoms with van der Waals surface area (Å²) in [6, 6.07) is -0.622. The highest BCUT2D eigenvalue weighted by Crippen LogP contribution is 2.18. The molecule has 0 aliphatic rings. The molecule has 0 aromatic carbocycles. The van der Waals surface area contributed by atoms with Crippen LogP contribution in [0, 0.1) is 0 Å². The van der Waals surface area contributed by atoms with E-state index < -0.39 is 12.1 Å². The van der Waals surface area contributed by atoms with Gasteiger partial charge in [-0.05, 0) is 44.9 Å². The number of hydrogen-bond donors (Lipinski definition) is 3. The van der Waals surface area contributed by atoms with E-state index in [0.717, 1.165) is 25.7 Å². The van der Waals surface area contributed by atoms with Crippen molar-refractivity contribution in [3.63, 3.8) is 0 Å². The minimum atomic E-state index is -0.839. The smallest absolute Gasteiger partial charge is 0.220 e. The molecule has 4 nitrogen and oxygen atoms in total. The largest absolute Gasteiger partial charge is 0.394 e. The number of aliphatic hydroxyl groups is 2. The number of nitrogens with one attached hydrogen (secondary N) is 1. The molecule has 0 aliphatic heterocycles. The topological polar surface area (TPSA) is 69.6 Å². The third-order valence-electron chi connectivity index (χ3n) is 13.9. The molecule has 3 N–H and O–H groups in total. The number of carbonyl (C=O) groups is 1. The fourth-order valence-electron chi connectivity index (χ4n) is 9.41. The van der Waals surface area contributed by atoms with Crippen LogP contribution in [-0.2, 0) is 4.79 Å². The lowest BCUT2D eigenvalue weighted by Crippen LogP contribution is -2.45. The van der Waals surface area contributed by atoms with E-state index in [1.807, 2.05) is 6.08 Å². The van der Waals surface area contributed by atoms with E-state index in [9.17, 15) is 15.0 Å². The molecule has 2 atom stereocenters. The van der Waals surface area contributed by atoms with Crippen LogP contribution in [0.4, 0.5) is 0 Å². The first kappa shape index (κ1) is 62.9. The highest BCUT2D eigenvalue weighted by Gasteiger charge is 2.18. The Morgan fingerprint density at radius 3 is 0.859 bits per heavy atom. The summed E-state index contributed by atoms with van der Waals surface area (Å²) in [7, 11) is 0. The standard InChI is InChI=1S/C60H117NO3/c1-3-5-7-9-11-13-15-17-19-21-23-25-27-29-30-32-34-36-38-40-42-44-46-48-50-52-54-56-60(64)61-58(57-62)59(63)55-53-51-49-47-45-43-41-39-37-35-33-31-28-26-24-22-20-18-16-14-12-10-8-6-4-2/h29-30,53,55,58-59,62-63H,3-28,31-52,54,56-57H2,1-2H3,(H,61,64)/b30-29-,55-53+. The van der Waals surface area contributed by atoms with Gasteiger partial charge in [0, 0.05) is 6.42 Å². The predicted molar refractivity (Wildman–Crippen MR) is 286 cm³/mol. The minimum Gasteiger partial charge on any atom is -0.394 e. The average molecular weight is 901 g/mol. The van der Waals surface area contributed by atoms with Gasteiger partial charge in [-0.3, -0.25) is 4.79 Å². The van der Waals surface area contributed by atoms with Gasteiger partial charge >= 0.3 is 0 Å². The maximum atomic E-state index is 12.5. The van der Waals surface area contributed by atoms with Crippen molar-refractivity contribution in [2.45, 2.75) is 347 Å². The molecular formula is C60H117NO3. The van der Waals surface area contributed by atoms with Crippen LogP contribution in [-0.4, -0.2) is 34.9 Å². The second-order valence-corrected chi connectivity index (χ2v) is 20.4. The zero-order valence-corrected chi connectivity index (χ0v) is 43.8. The first-order valence-electron chi connectivity index (χ1n) is 29.6. The summed E-state index contributed by atoms with van der Waals surface area (Å²) >= 11 is 0. The maximum Gasteiger partial charge on any atom is 0.220 e. The molecule has 0 bridgehead atoms. The summed E-state index contributed by atoms with van der Waals surface area (Å²) in [4.78, 5) is 12.5. The molecule has 0 saturated carbocycles. The highest BCUT2D eigenvalue weighted by atomic mass is 16.3. The van der Waals surface area contributed by atoms with E-state index in [1.54, 1.807) is 6.08 Å². The van der Waals surface area contributed by atoms with Gasteiger partial charge in [0.15, 0.2) is 0 Å². The molecule has 0 saturated heterocycles. The molecule has 64 heavy (non-hydrogen) atoms. The number of amides is 1. The Balaban J connectivity index is 3.46. The van der Waals surface area contributed by atoms with Gasteiger partial charge in [0.1, 0.15) is 0 Å². The van der Waals surface area contributed by atoms with Crippen LogP contribution in [0.25, 0.3) is 0 Å². The van der Waals surface area contributed by atoms with Crippen LogP contribution in [0.3, 0.4) is 0 Å². The SMILES string of the molecule is CCCCCCCCCCCCCC/C=C\CCCCCCCCCCCCCC(=O)NC(CO)C(O)/C=C/CCCCCCCCCCCCCCCCCCCCCCCCC. The molecule has 0 heterocycles. The van der Waals surface area contributed by atoms with Crippen molar-refractivity contribution >= 4 is 5.91 Å². The number of hydrogen-bond acceptors (Lipinski definition) is 3. The Kier molecular flexibility index (Phi) is 55.2. The lowest BCUT2D eigenvalue weighted by atomic mass is 10.0. The minimum absolute atomic E-state index is 0.0589. The molecule has 0 fully saturated rings. The molecule has 0 rings (SSSR count). The normalized spacial score (nSPS) is 12.9. The van der Waals surface area contributed by atoms with Crippen LogP contribution < -0.4 is 5.32 Å². The molecule has 1 amide bonds. The number of unbranched alkanes of at least 4 members (excludes halogenated alkanes) is 46. The lowest BCUT2D eigenvalue weighted by Gasteiger charge is -2.20. The van der Waals surface area contributed by atoms with Gasteiger partial charge in [-0.2, -0.15) is 0 Å². The van der Waals surface area contributed by atoms with Gasteiger partial charge in [-0.25, -0.2) is 0 Å². The molecule has 0 radical (unpaired) electrons. The van der Waals surface area contributed by atoms with Gasteiger partial charge in [-0.15, -0.1) is 0 Å². The summed E-state index contributed by atoms with van der Waals surface area (Å²) in [5, 5.41) is 23.2. The third kappa shape index (κ3) is 51.8. The van der Waals surface area contributed by atoms with Crippen molar-refractivity contribution in [1.29, 1.82) is 0 Å². The molecule has 380 valence electrons. The average Bonchev–Trinajstić information content (AvgIpc) is 3.30. The van der Waals surface area contributed by atoms with Gasteiger partial charge in [-0.1, -0.05) is 308 Å². The monoisotopic (exact) mass is 900 g/mol. The Morgan fingerprint density at radius 1 is 0.359 bits per heavy atom. The predicted octanol–water partition coefficient (Wildman–Crippen LogP) is 19.5. The van der Waals surface area contributed by atoms with Crippen LogP contribution in [0.2, 0.25) is 0 Å². The third-order valence-corrected chi connectivity index (χ3v) is 13.9. The van der Waals surface area contributed by atoms with E-state index in [4.69, 9.17) is 0 Å². The van der Waals surface area contributed by atoms with Crippen molar-refractivity contribution in [3.8, 4) is 0 Å². The fraction of sp³-hybridized carbons (Fsp3) is 0.917. The first-order chi connectivity index (χ1) is 31.7. The van der Waals surface area contributed by atoms with Crippen molar-refractivity contribution in [2.75, 3.05) is 6.61 Å². The number of carbonyl (C=O) groups excluding carboxylic acids is 1. The van der Waals surface area contributed by atoms with Gasteiger partial charge in [0.2, 0.25) is 5.91 Å². The van der Waals surface area contributed by atoms with Gasteiger partial charge in [0.25, 0.3) is 0 Å². The quantitative estimate of drug-likeness (QED) is 0.0421. The van der Waals surface area contributed by atoms with Gasteiger partial charge < -0.3 is 15.5 Å². The van der Waals surface area contributed by atoms with E-state index in [-0.39, 0.29) is 12.5 Å². The van der Waals surface area contributed by atoms with Crippen molar-refractivity contribution in [1.82, 2.24) is 5.32 Å². The number of allylic oxidation sites excluding steroid dienone is 3. The first-order valence-corrected chi connectivity index (χ1v) is 29.6. The Hall–Kier alpha value is -1.13. The molecule has 0 aromatic rings. The molecule has 0 spiro atoms. The van der Waals surface area contributed by atoms with E-state index in [2.05, 4.69) is 31.3 Å². The Morgan fingerprint density at radius 2 is 0.594 bits per heavy atom. The molecular weight excluding hydrogens is 783 g/mol. The second-order valence-electron chi connectivity index (χ2n) is 20.4. The fourth-order valence-corrected chi connectivity index (χ4v) is 9.41. The van der Waals surface area contributed by atoms with Crippen LogP contribution >= 0.6 is 0 Å². The van der Waals surface area contributed by atoms with Crippen LogP contribution in [0.5, 0.6) is 0 Å².